The fourth-order valence-electron chi connectivity index (χ4n) is 2.19. The molecule has 0 fully saturated rings. The molecule has 2 heterocycles. The van der Waals surface area contributed by atoms with Gasteiger partial charge in [-0.15, -0.1) is 0 Å². The Hall–Kier alpha value is -2.21. The van der Waals surface area contributed by atoms with Crippen LogP contribution in [-0.2, 0) is 0 Å². The number of rotatable bonds is 2. The summed E-state index contributed by atoms with van der Waals surface area (Å²) in [5.41, 5.74) is 8.76. The van der Waals surface area contributed by atoms with Gasteiger partial charge in [-0.1, -0.05) is 34.1 Å². The highest BCUT2D eigenvalue weighted by Gasteiger charge is 2.12. The van der Waals surface area contributed by atoms with E-state index in [9.17, 15) is 0 Å². The molecule has 0 spiro atoms. The Morgan fingerprint density at radius 3 is 2.57 bits per heavy atom. The minimum absolute atomic E-state index is 0.540. The quantitative estimate of drug-likeness (QED) is 0.774. The number of nitrogen functional groups attached to an aromatic ring is 1. The third-order valence-electron chi connectivity index (χ3n) is 3.06. The SMILES string of the molecule is Cc1cc(-n2nc(-c3ccccc3Br)cc2N)nc(C)n1. The first-order valence-corrected chi connectivity index (χ1v) is 7.27. The lowest BCUT2D eigenvalue weighted by Gasteiger charge is -2.05. The van der Waals surface area contributed by atoms with E-state index in [-0.39, 0.29) is 0 Å². The van der Waals surface area contributed by atoms with Crippen LogP contribution in [0.15, 0.2) is 40.9 Å². The Balaban J connectivity index is 2.12. The van der Waals surface area contributed by atoms with E-state index in [0.717, 1.165) is 21.4 Å². The first-order valence-electron chi connectivity index (χ1n) is 6.47. The molecule has 0 unspecified atom stereocenters. The first kappa shape index (κ1) is 13.8. The van der Waals surface area contributed by atoms with Gasteiger partial charge in [0.1, 0.15) is 11.6 Å². The van der Waals surface area contributed by atoms with Crippen LogP contribution in [0.2, 0.25) is 0 Å². The minimum Gasteiger partial charge on any atom is -0.384 e. The molecule has 0 saturated heterocycles. The number of halogens is 1. The number of benzene rings is 1. The highest BCUT2D eigenvalue weighted by atomic mass is 79.9. The van der Waals surface area contributed by atoms with Gasteiger partial charge in [0.25, 0.3) is 0 Å². The number of nitrogens with zero attached hydrogens (tertiary/aromatic N) is 4. The van der Waals surface area contributed by atoms with Crippen LogP contribution in [0, 0.1) is 13.8 Å². The molecule has 21 heavy (non-hydrogen) atoms. The number of hydrogen-bond acceptors (Lipinski definition) is 4. The highest BCUT2D eigenvalue weighted by Crippen LogP contribution is 2.28. The Morgan fingerprint density at radius 1 is 1.10 bits per heavy atom. The van der Waals surface area contributed by atoms with E-state index < -0.39 is 0 Å². The zero-order chi connectivity index (χ0) is 15.0. The zero-order valence-corrected chi connectivity index (χ0v) is 13.3. The Kier molecular flexibility index (Phi) is 3.47. The third kappa shape index (κ3) is 2.67. The average Bonchev–Trinajstić information content (AvgIpc) is 2.80. The van der Waals surface area contributed by atoms with Crippen LogP contribution in [0.4, 0.5) is 5.82 Å². The molecule has 0 atom stereocenters. The van der Waals surface area contributed by atoms with Crippen molar-refractivity contribution in [1.82, 2.24) is 19.7 Å². The molecule has 0 aliphatic carbocycles. The Morgan fingerprint density at radius 2 is 1.86 bits per heavy atom. The van der Waals surface area contributed by atoms with Gasteiger partial charge in [0.2, 0.25) is 0 Å². The van der Waals surface area contributed by atoms with Gasteiger partial charge in [-0.2, -0.15) is 9.78 Å². The first-order chi connectivity index (χ1) is 10.0. The van der Waals surface area contributed by atoms with Gasteiger partial charge >= 0.3 is 0 Å². The number of hydrogen-bond donors (Lipinski definition) is 1. The predicted molar refractivity (Wildman–Crippen MR) is 86.2 cm³/mol. The van der Waals surface area contributed by atoms with Crippen molar-refractivity contribution in [2.45, 2.75) is 13.8 Å². The molecular formula is C15H14BrN5. The van der Waals surface area contributed by atoms with Crippen LogP contribution in [-0.4, -0.2) is 19.7 Å². The lowest BCUT2D eigenvalue weighted by atomic mass is 10.1. The van der Waals surface area contributed by atoms with E-state index in [2.05, 4.69) is 31.0 Å². The number of nitrogens with two attached hydrogens (primary N) is 1. The standard InChI is InChI=1S/C15H14BrN5/c1-9-7-15(19-10(2)18-9)21-14(17)8-13(20-21)11-5-3-4-6-12(11)16/h3-8H,17H2,1-2H3. The fourth-order valence-corrected chi connectivity index (χ4v) is 2.67. The molecule has 0 radical (unpaired) electrons. The lowest BCUT2D eigenvalue weighted by Crippen LogP contribution is -2.06. The summed E-state index contributed by atoms with van der Waals surface area (Å²) in [4.78, 5) is 8.66. The van der Waals surface area contributed by atoms with Gasteiger partial charge in [-0.3, -0.25) is 0 Å². The lowest BCUT2D eigenvalue weighted by molar-refractivity contribution is 0.833. The summed E-state index contributed by atoms with van der Waals surface area (Å²) in [5.74, 6) is 1.91. The van der Waals surface area contributed by atoms with Crippen molar-refractivity contribution in [3.63, 3.8) is 0 Å². The number of aromatic nitrogens is 4. The van der Waals surface area contributed by atoms with Crippen molar-refractivity contribution in [3.8, 4) is 17.1 Å². The molecule has 1 aromatic carbocycles. The maximum atomic E-state index is 6.09. The van der Waals surface area contributed by atoms with Crippen LogP contribution in [0.5, 0.6) is 0 Å². The second kappa shape index (κ2) is 5.29. The average molecular weight is 344 g/mol. The predicted octanol–water partition coefficient (Wildman–Crippen LogP) is 3.29. The highest BCUT2D eigenvalue weighted by molar-refractivity contribution is 9.10. The molecule has 3 aromatic rings. The zero-order valence-electron chi connectivity index (χ0n) is 11.7. The Labute approximate surface area is 131 Å². The van der Waals surface area contributed by atoms with E-state index in [4.69, 9.17) is 5.73 Å². The van der Waals surface area contributed by atoms with E-state index in [1.54, 1.807) is 4.68 Å². The van der Waals surface area contributed by atoms with Gasteiger partial charge in [-0.25, -0.2) is 9.97 Å². The second-order valence-corrected chi connectivity index (χ2v) is 5.62. The normalized spacial score (nSPS) is 10.8. The molecule has 0 aliphatic heterocycles. The van der Waals surface area contributed by atoms with Crippen LogP contribution >= 0.6 is 15.9 Å². The molecular weight excluding hydrogens is 330 g/mol. The summed E-state index contributed by atoms with van der Waals surface area (Å²) in [5, 5.41) is 4.56. The summed E-state index contributed by atoms with van der Waals surface area (Å²) < 4.78 is 2.61. The van der Waals surface area contributed by atoms with E-state index in [1.807, 2.05) is 50.2 Å². The van der Waals surface area contributed by atoms with E-state index in [0.29, 0.717) is 17.5 Å². The summed E-state index contributed by atoms with van der Waals surface area (Å²) >= 11 is 3.53. The van der Waals surface area contributed by atoms with Crippen LogP contribution in [0.1, 0.15) is 11.5 Å². The maximum absolute atomic E-state index is 6.09. The third-order valence-corrected chi connectivity index (χ3v) is 3.75. The number of anilines is 1. The van der Waals surface area contributed by atoms with Crippen molar-refractivity contribution < 1.29 is 0 Å². The summed E-state index contributed by atoms with van der Waals surface area (Å²) in [7, 11) is 0. The minimum atomic E-state index is 0.540. The molecule has 2 aromatic heterocycles. The smallest absolute Gasteiger partial charge is 0.159 e. The molecule has 0 aliphatic rings. The van der Waals surface area contributed by atoms with Gasteiger partial charge in [-0.05, 0) is 19.9 Å². The van der Waals surface area contributed by atoms with Crippen molar-refractivity contribution >= 4 is 21.7 Å². The monoisotopic (exact) mass is 343 g/mol. The molecule has 5 nitrogen and oxygen atoms in total. The summed E-state index contributed by atoms with van der Waals surface area (Å²) in [6.45, 7) is 3.78. The molecule has 106 valence electrons. The molecule has 3 rings (SSSR count). The van der Waals surface area contributed by atoms with E-state index >= 15 is 0 Å². The van der Waals surface area contributed by atoms with Gasteiger partial charge in [0, 0.05) is 27.9 Å². The Bertz CT molecular complexity index is 789. The van der Waals surface area contributed by atoms with Gasteiger partial charge < -0.3 is 5.73 Å². The van der Waals surface area contributed by atoms with E-state index in [1.165, 1.54) is 0 Å². The second-order valence-electron chi connectivity index (χ2n) is 4.76. The summed E-state index contributed by atoms with van der Waals surface area (Å²) in [6, 6.07) is 11.6. The molecule has 0 bridgehead atoms. The number of aryl methyl sites for hydroxylation is 2. The van der Waals surface area contributed by atoms with Crippen LogP contribution < -0.4 is 5.73 Å². The molecule has 0 saturated carbocycles. The van der Waals surface area contributed by atoms with Crippen LogP contribution in [0.25, 0.3) is 17.1 Å². The summed E-state index contributed by atoms with van der Waals surface area (Å²) in [6.07, 6.45) is 0. The van der Waals surface area contributed by atoms with Crippen molar-refractivity contribution in [2.24, 2.45) is 0 Å². The maximum Gasteiger partial charge on any atom is 0.159 e. The molecule has 6 heteroatoms. The van der Waals surface area contributed by atoms with Crippen molar-refractivity contribution in [2.75, 3.05) is 5.73 Å². The fraction of sp³-hybridized carbons (Fsp3) is 0.133. The molecule has 2 N–H and O–H groups in total. The van der Waals surface area contributed by atoms with Crippen LogP contribution in [0.3, 0.4) is 0 Å². The van der Waals surface area contributed by atoms with Gasteiger partial charge in [0.05, 0.1) is 5.69 Å². The van der Waals surface area contributed by atoms with Gasteiger partial charge in [0.15, 0.2) is 5.82 Å². The van der Waals surface area contributed by atoms with Crippen molar-refractivity contribution in [3.05, 3.63) is 52.4 Å². The topological polar surface area (TPSA) is 69.6 Å². The largest absolute Gasteiger partial charge is 0.384 e. The molecule has 0 amide bonds. The van der Waals surface area contributed by atoms with Crippen molar-refractivity contribution in [1.29, 1.82) is 0 Å².